The van der Waals surface area contributed by atoms with Crippen molar-refractivity contribution < 1.29 is 23.8 Å². The van der Waals surface area contributed by atoms with E-state index in [1.807, 2.05) is 26.0 Å². The largest absolute Gasteiger partial charge is 0.490 e. The summed E-state index contributed by atoms with van der Waals surface area (Å²) in [5.74, 6) is 1.58. The molecule has 1 fully saturated rings. The first-order valence-corrected chi connectivity index (χ1v) is 10.8. The maximum atomic E-state index is 13.0. The van der Waals surface area contributed by atoms with E-state index in [2.05, 4.69) is 15.9 Å². The molecule has 156 valence electrons. The molecule has 0 atom stereocenters. The summed E-state index contributed by atoms with van der Waals surface area (Å²) in [5, 5.41) is 0. The molecular weight excluding hydrogens is 426 g/mol. The lowest BCUT2D eigenvalue weighted by molar-refractivity contribution is -0.144. The van der Waals surface area contributed by atoms with Gasteiger partial charge in [0.15, 0.2) is 11.5 Å². The molecule has 0 spiro atoms. The molecule has 0 N–H and O–H groups in total. The van der Waals surface area contributed by atoms with E-state index in [4.69, 9.17) is 14.2 Å². The van der Waals surface area contributed by atoms with Crippen molar-refractivity contribution in [2.75, 3.05) is 32.9 Å². The van der Waals surface area contributed by atoms with E-state index >= 15 is 0 Å². The Morgan fingerprint density at radius 3 is 2.29 bits per heavy atom. The average molecular weight is 456 g/mol. The first-order chi connectivity index (χ1) is 13.5. The van der Waals surface area contributed by atoms with Gasteiger partial charge < -0.3 is 19.1 Å². The Bertz CT molecular complexity index is 675. The predicted molar refractivity (Wildman–Crippen MR) is 111 cm³/mol. The zero-order valence-corrected chi connectivity index (χ0v) is 18.5. The maximum Gasteiger partial charge on any atom is 0.307 e. The molecule has 1 amide bonds. The van der Waals surface area contributed by atoms with Gasteiger partial charge in [0.1, 0.15) is 0 Å². The smallest absolute Gasteiger partial charge is 0.307 e. The molecule has 7 heteroatoms. The molecule has 0 radical (unpaired) electrons. The van der Waals surface area contributed by atoms with Gasteiger partial charge in [-0.15, -0.1) is 0 Å². The minimum Gasteiger partial charge on any atom is -0.490 e. The number of hydrogen-bond acceptors (Lipinski definition) is 5. The minimum absolute atomic E-state index is 0.00325. The van der Waals surface area contributed by atoms with Gasteiger partial charge in [-0.25, -0.2) is 0 Å². The number of benzene rings is 1. The standard InChI is InChI=1S/C21H30BrNO5/c1-4-26-18-11-16(17(22)13-19(18)27-5-2)12-20(24)23(14-15-7-8-15)10-9-21(25)28-6-3/h11,13,15H,4-10,12,14H2,1-3H3. The van der Waals surface area contributed by atoms with Crippen LogP contribution in [0.3, 0.4) is 0 Å². The third-order valence-electron chi connectivity index (χ3n) is 4.47. The van der Waals surface area contributed by atoms with Gasteiger partial charge in [0.2, 0.25) is 5.91 Å². The number of carbonyl (C=O) groups excluding carboxylic acids is 2. The van der Waals surface area contributed by atoms with E-state index in [0.717, 1.165) is 22.9 Å². The van der Waals surface area contributed by atoms with Crippen LogP contribution in [-0.4, -0.2) is 49.7 Å². The first kappa shape index (κ1) is 22.5. The molecule has 1 aliphatic carbocycles. The van der Waals surface area contributed by atoms with Crippen LogP contribution in [0, 0.1) is 5.92 Å². The summed E-state index contributed by atoms with van der Waals surface area (Å²) >= 11 is 3.55. The molecule has 6 nitrogen and oxygen atoms in total. The van der Waals surface area contributed by atoms with Crippen LogP contribution in [0.4, 0.5) is 0 Å². The second kappa shape index (κ2) is 11.3. The van der Waals surface area contributed by atoms with Crippen LogP contribution in [0.15, 0.2) is 16.6 Å². The summed E-state index contributed by atoms with van der Waals surface area (Å²) in [6.45, 7) is 8.11. The fraction of sp³-hybridized carbons (Fsp3) is 0.619. The third kappa shape index (κ3) is 7.00. The Labute approximate surface area is 175 Å². The van der Waals surface area contributed by atoms with Crippen LogP contribution in [0.1, 0.15) is 45.6 Å². The second-order valence-corrected chi connectivity index (χ2v) is 7.63. The van der Waals surface area contributed by atoms with Crippen molar-refractivity contribution in [1.29, 1.82) is 0 Å². The highest BCUT2D eigenvalue weighted by molar-refractivity contribution is 9.10. The average Bonchev–Trinajstić information content (AvgIpc) is 3.47. The number of amides is 1. The van der Waals surface area contributed by atoms with Crippen LogP contribution < -0.4 is 9.47 Å². The summed E-state index contributed by atoms with van der Waals surface area (Å²) in [5.41, 5.74) is 0.842. The van der Waals surface area contributed by atoms with E-state index in [1.54, 1.807) is 11.8 Å². The van der Waals surface area contributed by atoms with Gasteiger partial charge in [-0.3, -0.25) is 9.59 Å². The monoisotopic (exact) mass is 455 g/mol. The highest BCUT2D eigenvalue weighted by atomic mass is 79.9. The lowest BCUT2D eigenvalue weighted by Crippen LogP contribution is -2.36. The van der Waals surface area contributed by atoms with Gasteiger partial charge in [-0.2, -0.15) is 0 Å². The van der Waals surface area contributed by atoms with Crippen molar-refractivity contribution in [3.05, 3.63) is 22.2 Å². The van der Waals surface area contributed by atoms with E-state index < -0.39 is 0 Å². The van der Waals surface area contributed by atoms with Gasteiger partial charge in [0.25, 0.3) is 0 Å². The van der Waals surface area contributed by atoms with Gasteiger partial charge in [-0.1, -0.05) is 15.9 Å². The molecule has 28 heavy (non-hydrogen) atoms. The number of halogens is 1. The summed E-state index contributed by atoms with van der Waals surface area (Å²) in [6.07, 6.45) is 2.75. The van der Waals surface area contributed by atoms with Crippen LogP contribution in [0.5, 0.6) is 11.5 Å². The molecule has 2 rings (SSSR count). The van der Waals surface area contributed by atoms with Crippen LogP contribution in [0.25, 0.3) is 0 Å². The molecular formula is C21H30BrNO5. The van der Waals surface area contributed by atoms with Gasteiger partial charge in [-0.05, 0) is 57.2 Å². The fourth-order valence-corrected chi connectivity index (χ4v) is 3.38. The van der Waals surface area contributed by atoms with Crippen molar-refractivity contribution in [1.82, 2.24) is 4.90 Å². The van der Waals surface area contributed by atoms with E-state index in [9.17, 15) is 9.59 Å². The fourth-order valence-electron chi connectivity index (χ4n) is 2.91. The van der Waals surface area contributed by atoms with Gasteiger partial charge >= 0.3 is 5.97 Å². The quantitative estimate of drug-likeness (QED) is 0.446. The van der Waals surface area contributed by atoms with Gasteiger partial charge in [0.05, 0.1) is 32.7 Å². The lowest BCUT2D eigenvalue weighted by atomic mass is 10.1. The molecule has 0 unspecified atom stereocenters. The number of carbonyl (C=O) groups is 2. The van der Waals surface area contributed by atoms with Crippen molar-refractivity contribution in [3.8, 4) is 11.5 Å². The number of esters is 1. The van der Waals surface area contributed by atoms with E-state index in [-0.39, 0.29) is 24.7 Å². The highest BCUT2D eigenvalue weighted by Crippen LogP contribution is 2.35. The van der Waals surface area contributed by atoms with Crippen LogP contribution >= 0.6 is 15.9 Å². The SMILES string of the molecule is CCOC(=O)CCN(CC1CC1)C(=O)Cc1cc(OCC)c(OCC)cc1Br. The normalized spacial score (nSPS) is 13.1. The summed E-state index contributed by atoms with van der Waals surface area (Å²) in [4.78, 5) is 26.5. The second-order valence-electron chi connectivity index (χ2n) is 6.77. The number of rotatable bonds is 12. The summed E-state index contributed by atoms with van der Waals surface area (Å²) < 4.78 is 17.1. The Balaban J connectivity index is 2.09. The predicted octanol–water partition coefficient (Wildman–Crippen LogP) is 3.98. The van der Waals surface area contributed by atoms with Crippen molar-refractivity contribution in [3.63, 3.8) is 0 Å². The molecule has 0 bridgehead atoms. The molecule has 0 heterocycles. The Morgan fingerprint density at radius 2 is 1.71 bits per heavy atom. The first-order valence-electron chi connectivity index (χ1n) is 9.99. The minimum atomic E-state index is -0.267. The van der Waals surface area contributed by atoms with Crippen molar-refractivity contribution in [2.24, 2.45) is 5.92 Å². The Hall–Kier alpha value is -1.76. The molecule has 1 aromatic carbocycles. The summed E-state index contributed by atoms with van der Waals surface area (Å²) in [6, 6.07) is 3.71. The summed E-state index contributed by atoms with van der Waals surface area (Å²) in [7, 11) is 0. The number of hydrogen-bond donors (Lipinski definition) is 0. The number of nitrogens with zero attached hydrogens (tertiary/aromatic N) is 1. The topological polar surface area (TPSA) is 65.1 Å². The zero-order valence-electron chi connectivity index (χ0n) is 17.0. The lowest BCUT2D eigenvalue weighted by Gasteiger charge is -2.23. The highest BCUT2D eigenvalue weighted by Gasteiger charge is 2.27. The van der Waals surface area contributed by atoms with Crippen molar-refractivity contribution in [2.45, 2.75) is 46.5 Å². The van der Waals surface area contributed by atoms with E-state index in [1.165, 1.54) is 0 Å². The molecule has 0 aliphatic heterocycles. The Morgan fingerprint density at radius 1 is 1.07 bits per heavy atom. The molecule has 1 aromatic rings. The molecule has 0 aromatic heterocycles. The van der Waals surface area contributed by atoms with Crippen LogP contribution in [-0.2, 0) is 20.7 Å². The maximum absolute atomic E-state index is 13.0. The van der Waals surface area contributed by atoms with Crippen LogP contribution in [0.2, 0.25) is 0 Å². The number of ether oxygens (including phenoxy) is 3. The van der Waals surface area contributed by atoms with E-state index in [0.29, 0.717) is 50.3 Å². The molecule has 1 saturated carbocycles. The Kier molecular flexibility index (Phi) is 9.09. The molecule has 1 aliphatic rings. The van der Waals surface area contributed by atoms with Crippen molar-refractivity contribution >= 4 is 27.8 Å². The molecule has 0 saturated heterocycles. The van der Waals surface area contributed by atoms with Gasteiger partial charge in [0, 0.05) is 17.6 Å². The third-order valence-corrected chi connectivity index (χ3v) is 5.21. The zero-order chi connectivity index (χ0) is 20.5.